The molecule has 6 nitrogen and oxygen atoms in total. The van der Waals surface area contributed by atoms with Gasteiger partial charge in [0.15, 0.2) is 0 Å². The molecule has 1 aromatic carbocycles. The van der Waals surface area contributed by atoms with Gasteiger partial charge in [-0.05, 0) is 61.3 Å². The number of rotatable bonds is 5. The van der Waals surface area contributed by atoms with Crippen LogP contribution in [0, 0.1) is 5.92 Å². The van der Waals surface area contributed by atoms with Gasteiger partial charge in [-0.3, -0.25) is 0 Å². The van der Waals surface area contributed by atoms with E-state index in [2.05, 4.69) is 4.90 Å². The molecule has 1 aliphatic heterocycles. The van der Waals surface area contributed by atoms with Gasteiger partial charge in [0.25, 0.3) is 0 Å². The molecule has 7 heteroatoms. The van der Waals surface area contributed by atoms with Crippen LogP contribution in [-0.4, -0.2) is 61.4 Å². The highest BCUT2D eigenvalue weighted by Gasteiger charge is 2.34. The lowest BCUT2D eigenvalue weighted by Crippen LogP contribution is -2.49. The maximum atomic E-state index is 13.2. The summed E-state index contributed by atoms with van der Waals surface area (Å²) in [5, 5.41) is 9.33. The number of carbonyl (C=O) groups is 1. The summed E-state index contributed by atoms with van der Waals surface area (Å²) in [4.78, 5) is 14.0. The van der Waals surface area contributed by atoms with E-state index in [4.69, 9.17) is 0 Å². The molecule has 0 amide bonds. The fourth-order valence-electron chi connectivity index (χ4n) is 3.98. The van der Waals surface area contributed by atoms with Gasteiger partial charge in [0.1, 0.15) is 0 Å². The van der Waals surface area contributed by atoms with Gasteiger partial charge in [-0.15, -0.1) is 0 Å². The molecule has 136 valence electrons. The average molecular weight is 364 g/mol. The number of aromatic carboxylic acids is 1. The SMILES string of the molecule is O=C(O)c1cc2c(c(S(=O)(=O)N3CCN(CC4CC4)CC3)c1)CCC2. The van der Waals surface area contributed by atoms with E-state index < -0.39 is 16.0 Å². The second-order valence-electron chi connectivity index (χ2n) is 7.42. The molecule has 1 aromatic rings. The number of carboxylic acids is 1. The van der Waals surface area contributed by atoms with Gasteiger partial charge in [-0.1, -0.05) is 0 Å². The van der Waals surface area contributed by atoms with Gasteiger partial charge in [0.2, 0.25) is 10.0 Å². The second kappa shape index (κ2) is 6.37. The van der Waals surface area contributed by atoms with E-state index in [0.29, 0.717) is 19.5 Å². The molecule has 2 aliphatic carbocycles. The van der Waals surface area contributed by atoms with Crippen molar-refractivity contribution in [2.24, 2.45) is 5.92 Å². The maximum absolute atomic E-state index is 13.2. The first kappa shape index (κ1) is 17.0. The summed E-state index contributed by atoms with van der Waals surface area (Å²) in [5.41, 5.74) is 1.78. The topological polar surface area (TPSA) is 77.9 Å². The van der Waals surface area contributed by atoms with Gasteiger partial charge in [-0.2, -0.15) is 4.31 Å². The van der Waals surface area contributed by atoms with Crippen molar-refractivity contribution in [3.8, 4) is 0 Å². The van der Waals surface area contributed by atoms with Crippen molar-refractivity contribution >= 4 is 16.0 Å². The summed E-state index contributed by atoms with van der Waals surface area (Å²) in [7, 11) is -3.64. The second-order valence-corrected chi connectivity index (χ2v) is 9.33. The van der Waals surface area contributed by atoms with Crippen molar-refractivity contribution < 1.29 is 18.3 Å². The number of piperazine rings is 1. The quantitative estimate of drug-likeness (QED) is 0.858. The zero-order valence-electron chi connectivity index (χ0n) is 14.3. The number of fused-ring (bicyclic) bond motifs is 1. The number of nitrogens with zero attached hydrogens (tertiary/aromatic N) is 2. The Morgan fingerprint density at radius 2 is 1.84 bits per heavy atom. The third kappa shape index (κ3) is 3.32. The predicted molar refractivity (Wildman–Crippen MR) is 93.3 cm³/mol. The van der Waals surface area contributed by atoms with Crippen LogP contribution in [0.3, 0.4) is 0 Å². The maximum Gasteiger partial charge on any atom is 0.335 e. The third-order valence-electron chi connectivity index (χ3n) is 5.58. The highest BCUT2D eigenvalue weighted by atomic mass is 32.2. The average Bonchev–Trinajstić information content (AvgIpc) is 3.27. The fraction of sp³-hybridized carbons (Fsp3) is 0.611. The van der Waals surface area contributed by atoms with E-state index >= 15 is 0 Å². The van der Waals surface area contributed by atoms with Crippen molar-refractivity contribution in [1.82, 2.24) is 9.21 Å². The summed E-state index contributed by atoms with van der Waals surface area (Å²) in [6, 6.07) is 3.00. The Morgan fingerprint density at radius 3 is 2.48 bits per heavy atom. The van der Waals surface area contributed by atoms with Crippen LogP contribution >= 0.6 is 0 Å². The van der Waals surface area contributed by atoms with E-state index in [1.807, 2.05) is 0 Å². The Bertz CT molecular complexity index is 794. The Kier molecular flexibility index (Phi) is 4.33. The molecule has 25 heavy (non-hydrogen) atoms. The summed E-state index contributed by atoms with van der Waals surface area (Å²) in [6.45, 7) is 3.58. The van der Waals surface area contributed by atoms with Gasteiger partial charge in [0, 0.05) is 32.7 Å². The first-order chi connectivity index (χ1) is 11.9. The highest BCUT2D eigenvalue weighted by Crippen LogP contribution is 2.33. The zero-order chi connectivity index (χ0) is 17.6. The Balaban J connectivity index is 1.59. The lowest BCUT2D eigenvalue weighted by atomic mass is 10.1. The zero-order valence-corrected chi connectivity index (χ0v) is 15.1. The van der Waals surface area contributed by atoms with Crippen molar-refractivity contribution in [3.05, 3.63) is 28.8 Å². The minimum Gasteiger partial charge on any atom is -0.478 e. The van der Waals surface area contributed by atoms with Gasteiger partial charge in [0.05, 0.1) is 10.5 Å². The van der Waals surface area contributed by atoms with Gasteiger partial charge >= 0.3 is 5.97 Å². The van der Waals surface area contributed by atoms with Gasteiger partial charge < -0.3 is 10.0 Å². The van der Waals surface area contributed by atoms with Crippen molar-refractivity contribution in [3.63, 3.8) is 0 Å². The van der Waals surface area contributed by atoms with Crippen molar-refractivity contribution in [2.75, 3.05) is 32.7 Å². The van der Waals surface area contributed by atoms with E-state index in [1.165, 1.54) is 23.2 Å². The summed E-state index contributed by atoms with van der Waals surface area (Å²) < 4.78 is 27.9. The number of carboxylic acid groups (broad SMARTS) is 1. The molecular formula is C18H24N2O4S. The molecule has 3 aliphatic rings. The smallest absolute Gasteiger partial charge is 0.335 e. The molecule has 1 N–H and O–H groups in total. The minimum absolute atomic E-state index is 0.0756. The molecule has 0 spiro atoms. The number of aryl methyl sites for hydroxylation is 1. The van der Waals surface area contributed by atoms with Crippen LogP contribution in [0.2, 0.25) is 0 Å². The van der Waals surface area contributed by atoms with Crippen molar-refractivity contribution in [2.45, 2.75) is 37.0 Å². The number of hydrogen-bond donors (Lipinski definition) is 1. The standard InChI is InChI=1S/C18H24N2O4S/c21-18(22)15-10-14-2-1-3-16(14)17(11-15)25(23,24)20-8-6-19(7-9-20)12-13-4-5-13/h10-11,13H,1-9,12H2,(H,21,22). The molecule has 2 fully saturated rings. The molecule has 0 unspecified atom stereocenters. The first-order valence-electron chi connectivity index (χ1n) is 9.07. The Morgan fingerprint density at radius 1 is 1.12 bits per heavy atom. The first-order valence-corrected chi connectivity index (χ1v) is 10.5. The summed E-state index contributed by atoms with van der Waals surface area (Å²) >= 11 is 0. The molecule has 0 bridgehead atoms. The van der Waals surface area contributed by atoms with Crippen LogP contribution in [-0.2, 0) is 22.9 Å². The number of hydrogen-bond acceptors (Lipinski definition) is 4. The highest BCUT2D eigenvalue weighted by molar-refractivity contribution is 7.89. The molecule has 1 saturated heterocycles. The van der Waals surface area contributed by atoms with Crippen LogP contribution in [0.25, 0.3) is 0 Å². The largest absolute Gasteiger partial charge is 0.478 e. The summed E-state index contributed by atoms with van der Waals surface area (Å²) in [5.74, 6) is -0.265. The molecule has 0 radical (unpaired) electrons. The van der Waals surface area contributed by atoms with Crippen LogP contribution in [0.15, 0.2) is 17.0 Å². The van der Waals surface area contributed by atoms with Crippen LogP contribution in [0.5, 0.6) is 0 Å². The van der Waals surface area contributed by atoms with E-state index in [1.54, 1.807) is 6.07 Å². The monoisotopic (exact) mass is 364 g/mol. The van der Waals surface area contributed by atoms with Crippen molar-refractivity contribution in [1.29, 1.82) is 0 Å². The van der Waals surface area contributed by atoms with Crippen LogP contribution in [0.1, 0.15) is 40.7 Å². The number of sulfonamides is 1. The molecule has 1 saturated carbocycles. The predicted octanol–water partition coefficient (Wildman–Crippen LogP) is 1.59. The number of benzene rings is 1. The lowest BCUT2D eigenvalue weighted by Gasteiger charge is -2.34. The molecule has 0 atom stereocenters. The van der Waals surface area contributed by atoms with Crippen LogP contribution < -0.4 is 0 Å². The minimum atomic E-state index is -3.64. The molecule has 0 aromatic heterocycles. The Hall–Kier alpha value is -1.44. The van der Waals surface area contributed by atoms with E-state index in [0.717, 1.165) is 49.5 Å². The molecule has 4 rings (SSSR count). The Labute approximate surface area is 148 Å². The molecular weight excluding hydrogens is 340 g/mol. The fourth-order valence-corrected chi connectivity index (χ4v) is 5.72. The third-order valence-corrected chi connectivity index (χ3v) is 7.55. The van der Waals surface area contributed by atoms with E-state index in [-0.39, 0.29) is 10.5 Å². The normalized spacial score (nSPS) is 22.1. The van der Waals surface area contributed by atoms with Gasteiger partial charge in [-0.25, -0.2) is 13.2 Å². The van der Waals surface area contributed by atoms with Crippen LogP contribution in [0.4, 0.5) is 0 Å². The van der Waals surface area contributed by atoms with E-state index in [9.17, 15) is 18.3 Å². The molecule has 1 heterocycles. The summed E-state index contributed by atoms with van der Waals surface area (Å²) in [6.07, 6.45) is 4.95. The lowest BCUT2D eigenvalue weighted by molar-refractivity contribution is 0.0696.